The van der Waals surface area contributed by atoms with Gasteiger partial charge >= 0.3 is 0 Å². The molecule has 1 nitrogen and oxygen atoms in total. The van der Waals surface area contributed by atoms with Crippen molar-refractivity contribution in [3.8, 4) is 0 Å². The zero-order valence-corrected chi connectivity index (χ0v) is 5.71. The van der Waals surface area contributed by atoms with Gasteiger partial charge in [-0.15, -0.1) is 34.8 Å². The van der Waals surface area contributed by atoms with Crippen LogP contribution >= 0.6 is 34.8 Å². The molecular formula is C3H5Cl3O. The highest BCUT2D eigenvalue weighted by atomic mass is 35.5. The molecule has 0 saturated heterocycles. The third-order valence-corrected chi connectivity index (χ3v) is 1.70. The van der Waals surface area contributed by atoms with E-state index in [0.717, 1.165) is 0 Å². The smallest absolute Gasteiger partial charge is 0.126 e. The van der Waals surface area contributed by atoms with E-state index in [1.165, 1.54) is 0 Å². The molecule has 0 amide bonds. The monoisotopic (exact) mass is 162 g/mol. The summed E-state index contributed by atoms with van der Waals surface area (Å²) in [5.74, 6) is 0. The molecule has 0 aromatic rings. The molecule has 0 aliphatic carbocycles. The Labute approximate surface area is 57.2 Å². The summed E-state index contributed by atoms with van der Waals surface area (Å²) < 4.78 is 0. The predicted molar refractivity (Wildman–Crippen MR) is 32.2 cm³/mol. The lowest BCUT2D eigenvalue weighted by Gasteiger charge is -2.02. The van der Waals surface area contributed by atoms with Gasteiger partial charge in [0.2, 0.25) is 0 Å². The van der Waals surface area contributed by atoms with Crippen LogP contribution in [0, 0.1) is 0 Å². The maximum absolute atomic E-state index is 8.20. The molecule has 0 aliphatic heterocycles. The summed E-state index contributed by atoms with van der Waals surface area (Å²) >= 11 is 15.7. The molecule has 0 aromatic heterocycles. The summed E-state index contributed by atoms with van der Waals surface area (Å²) in [5, 5.41) is 7.67. The number of hydrogen-bond donors (Lipinski definition) is 1. The minimum atomic E-state index is -0.674. The van der Waals surface area contributed by atoms with Gasteiger partial charge in [0.15, 0.2) is 0 Å². The Hall–Kier alpha value is 0.830. The van der Waals surface area contributed by atoms with Gasteiger partial charge in [0, 0.05) is 0 Å². The molecule has 44 valence electrons. The molecular weight excluding hydrogens is 158 g/mol. The van der Waals surface area contributed by atoms with Gasteiger partial charge in [-0.25, -0.2) is 0 Å². The first-order valence-corrected chi connectivity index (χ1v) is 3.02. The third kappa shape index (κ3) is 3.42. The molecule has 0 bridgehead atoms. The third-order valence-electron chi connectivity index (χ3n) is 0.448. The highest BCUT2D eigenvalue weighted by Crippen LogP contribution is 2.12. The Balaban J connectivity index is 3.14. The number of hydrogen-bond acceptors (Lipinski definition) is 1. The minimum Gasteiger partial charge on any atom is -0.395 e. The molecule has 0 radical (unpaired) electrons. The summed E-state index contributed by atoms with van der Waals surface area (Å²) in [6.45, 7) is -0.181. The van der Waals surface area contributed by atoms with E-state index < -0.39 is 10.2 Å². The Morgan fingerprint density at radius 3 is 1.71 bits per heavy atom. The first-order valence-electron chi connectivity index (χ1n) is 1.71. The van der Waals surface area contributed by atoms with E-state index in [1.54, 1.807) is 0 Å². The summed E-state index contributed by atoms with van der Waals surface area (Å²) in [7, 11) is 0. The quantitative estimate of drug-likeness (QED) is 0.610. The van der Waals surface area contributed by atoms with Gasteiger partial charge in [-0.3, -0.25) is 0 Å². The van der Waals surface area contributed by atoms with Gasteiger partial charge in [0.1, 0.15) is 4.84 Å². The summed E-state index contributed by atoms with van der Waals surface area (Å²) in [6, 6.07) is 0. The van der Waals surface area contributed by atoms with Crippen LogP contribution in [-0.4, -0.2) is 21.9 Å². The van der Waals surface area contributed by atoms with Crippen LogP contribution in [0.5, 0.6) is 0 Å². The van der Waals surface area contributed by atoms with Crippen LogP contribution in [0.4, 0.5) is 0 Å². The van der Waals surface area contributed by atoms with Crippen molar-refractivity contribution in [1.82, 2.24) is 0 Å². The molecule has 0 rings (SSSR count). The zero-order chi connectivity index (χ0) is 5.86. The summed E-state index contributed by atoms with van der Waals surface area (Å²) in [4.78, 5) is -0.674. The van der Waals surface area contributed by atoms with Gasteiger partial charge < -0.3 is 5.11 Å². The van der Waals surface area contributed by atoms with Crippen LogP contribution in [0.15, 0.2) is 0 Å². The Morgan fingerprint density at radius 1 is 1.29 bits per heavy atom. The van der Waals surface area contributed by atoms with E-state index in [2.05, 4.69) is 0 Å². The van der Waals surface area contributed by atoms with Crippen molar-refractivity contribution in [2.45, 2.75) is 10.2 Å². The van der Waals surface area contributed by atoms with Crippen LogP contribution in [0.3, 0.4) is 0 Å². The van der Waals surface area contributed by atoms with Crippen LogP contribution in [-0.2, 0) is 0 Å². The van der Waals surface area contributed by atoms with Crippen molar-refractivity contribution in [2.24, 2.45) is 0 Å². The average Bonchev–Trinajstić information content (AvgIpc) is 1.65. The second-order valence-electron chi connectivity index (χ2n) is 1.03. The average molecular weight is 163 g/mol. The molecule has 0 spiro atoms. The maximum Gasteiger partial charge on any atom is 0.126 e. The van der Waals surface area contributed by atoms with Gasteiger partial charge in [-0.05, 0) is 0 Å². The normalized spacial score (nSPS) is 15.0. The number of halogens is 3. The summed E-state index contributed by atoms with van der Waals surface area (Å²) in [6.07, 6.45) is 0. The largest absolute Gasteiger partial charge is 0.395 e. The Morgan fingerprint density at radius 2 is 1.71 bits per heavy atom. The van der Waals surface area contributed by atoms with Gasteiger partial charge in [-0.1, -0.05) is 0 Å². The first kappa shape index (κ1) is 7.83. The fourth-order valence-electron chi connectivity index (χ4n) is 0.0797. The van der Waals surface area contributed by atoms with E-state index in [0.29, 0.717) is 0 Å². The number of rotatable bonds is 2. The molecule has 1 unspecified atom stereocenters. The second-order valence-corrected chi connectivity index (χ2v) is 2.76. The SMILES string of the molecule is OCC(Cl)C(Cl)Cl. The molecule has 0 aromatic carbocycles. The fourth-order valence-corrected chi connectivity index (χ4v) is 0.239. The van der Waals surface area contributed by atoms with Crippen LogP contribution in [0.2, 0.25) is 0 Å². The number of aliphatic hydroxyl groups excluding tert-OH is 1. The minimum absolute atomic E-state index is 0.181. The van der Waals surface area contributed by atoms with Crippen LogP contribution in [0.1, 0.15) is 0 Å². The molecule has 0 saturated carbocycles. The molecule has 0 aliphatic rings. The van der Waals surface area contributed by atoms with Crippen molar-refractivity contribution in [3.05, 3.63) is 0 Å². The molecule has 7 heavy (non-hydrogen) atoms. The van der Waals surface area contributed by atoms with E-state index in [4.69, 9.17) is 39.9 Å². The highest BCUT2D eigenvalue weighted by molar-refractivity contribution is 6.48. The van der Waals surface area contributed by atoms with Crippen LogP contribution in [0.25, 0.3) is 0 Å². The standard InChI is InChI=1S/C3H5Cl3O/c4-2(1-7)3(5)6/h2-3,7H,1H2. The zero-order valence-electron chi connectivity index (χ0n) is 3.44. The lowest BCUT2D eigenvalue weighted by molar-refractivity contribution is 0.296. The van der Waals surface area contributed by atoms with Gasteiger partial charge in [0.05, 0.1) is 12.0 Å². The van der Waals surface area contributed by atoms with E-state index in [-0.39, 0.29) is 6.61 Å². The molecule has 1 N–H and O–H groups in total. The molecule has 0 fully saturated rings. The second kappa shape index (κ2) is 3.79. The lowest BCUT2D eigenvalue weighted by atomic mass is 10.5. The fraction of sp³-hybridized carbons (Fsp3) is 1.00. The molecule has 1 atom stereocenters. The summed E-state index contributed by atoms with van der Waals surface area (Å²) in [5.41, 5.74) is 0. The lowest BCUT2D eigenvalue weighted by Crippen LogP contribution is -2.12. The van der Waals surface area contributed by atoms with Crippen molar-refractivity contribution in [2.75, 3.05) is 6.61 Å². The van der Waals surface area contributed by atoms with Crippen molar-refractivity contribution in [3.63, 3.8) is 0 Å². The number of aliphatic hydroxyl groups is 1. The Bertz CT molecular complexity index is 47.4. The van der Waals surface area contributed by atoms with Crippen LogP contribution < -0.4 is 0 Å². The predicted octanol–water partition coefficient (Wildman–Crippen LogP) is 1.39. The van der Waals surface area contributed by atoms with Crippen molar-refractivity contribution in [1.29, 1.82) is 0 Å². The molecule has 0 heterocycles. The topological polar surface area (TPSA) is 20.2 Å². The first-order chi connectivity index (χ1) is 3.18. The van der Waals surface area contributed by atoms with E-state index in [9.17, 15) is 0 Å². The van der Waals surface area contributed by atoms with E-state index in [1.807, 2.05) is 0 Å². The maximum atomic E-state index is 8.20. The molecule has 4 heteroatoms. The number of alkyl halides is 3. The van der Waals surface area contributed by atoms with Gasteiger partial charge in [-0.2, -0.15) is 0 Å². The van der Waals surface area contributed by atoms with Crippen molar-refractivity contribution < 1.29 is 5.11 Å². The van der Waals surface area contributed by atoms with E-state index >= 15 is 0 Å². The van der Waals surface area contributed by atoms with Gasteiger partial charge in [0.25, 0.3) is 0 Å². The Kier molecular flexibility index (Phi) is 4.24. The van der Waals surface area contributed by atoms with Crippen molar-refractivity contribution >= 4 is 34.8 Å². The highest BCUT2D eigenvalue weighted by Gasteiger charge is 2.10.